The minimum atomic E-state index is 0.0970. The van der Waals surface area contributed by atoms with E-state index >= 15 is 0 Å². The predicted molar refractivity (Wildman–Crippen MR) is 73.9 cm³/mol. The predicted octanol–water partition coefficient (Wildman–Crippen LogP) is 2.83. The summed E-state index contributed by atoms with van der Waals surface area (Å²) in [7, 11) is 0. The number of nitrogens with zero attached hydrogens (tertiary/aromatic N) is 3. The van der Waals surface area contributed by atoms with Gasteiger partial charge in [0.1, 0.15) is 0 Å². The molecule has 0 saturated heterocycles. The van der Waals surface area contributed by atoms with Gasteiger partial charge in [-0.15, -0.1) is 0 Å². The molecule has 0 aliphatic carbocycles. The van der Waals surface area contributed by atoms with Crippen LogP contribution in [0, 0.1) is 0 Å². The van der Waals surface area contributed by atoms with E-state index in [0.29, 0.717) is 0 Å². The van der Waals surface area contributed by atoms with Crippen LogP contribution in [-0.2, 0) is 6.42 Å². The molecule has 18 heavy (non-hydrogen) atoms. The summed E-state index contributed by atoms with van der Waals surface area (Å²) < 4.78 is 0. The smallest absolute Gasteiger partial charge is 0.0897 e. The van der Waals surface area contributed by atoms with Crippen molar-refractivity contribution < 1.29 is 0 Å². The summed E-state index contributed by atoms with van der Waals surface area (Å²) >= 11 is 0. The molecular weight excluding hydrogens is 222 g/mol. The fraction of sp³-hybridized carbons (Fsp3) is 0.133. The molecule has 1 aliphatic rings. The number of aliphatic imine (C=N–C) groups is 2. The second-order valence-corrected chi connectivity index (χ2v) is 4.25. The van der Waals surface area contributed by atoms with Crippen LogP contribution >= 0.6 is 0 Å². The Morgan fingerprint density at radius 3 is 2.83 bits per heavy atom. The molecular formula is C15H13N3. The third kappa shape index (κ3) is 2.35. The molecule has 0 fully saturated rings. The fourth-order valence-corrected chi connectivity index (χ4v) is 1.96. The maximum atomic E-state index is 4.56. The Bertz CT molecular complexity index is 555. The Morgan fingerprint density at radius 1 is 1.06 bits per heavy atom. The standard InChI is InChI=1S/C15H13N3/c1-2-4-12(5-3-1)8-14-10-18-15-11-16-7-6-13(15)9-17-14/h1-7,9-11,14H,8H2. The van der Waals surface area contributed by atoms with Crippen LogP contribution in [-0.4, -0.2) is 23.5 Å². The summed E-state index contributed by atoms with van der Waals surface area (Å²) in [5.74, 6) is 0. The maximum Gasteiger partial charge on any atom is 0.0897 e. The van der Waals surface area contributed by atoms with Crippen LogP contribution in [0.5, 0.6) is 0 Å². The second-order valence-electron chi connectivity index (χ2n) is 4.25. The summed E-state index contributed by atoms with van der Waals surface area (Å²) in [6, 6.07) is 12.4. The van der Waals surface area contributed by atoms with Gasteiger partial charge in [0.25, 0.3) is 0 Å². The lowest BCUT2D eigenvalue weighted by molar-refractivity contribution is 0.872. The monoisotopic (exact) mass is 235 g/mol. The van der Waals surface area contributed by atoms with E-state index in [-0.39, 0.29) is 6.04 Å². The van der Waals surface area contributed by atoms with Crippen molar-refractivity contribution in [3.63, 3.8) is 0 Å². The van der Waals surface area contributed by atoms with Crippen molar-refractivity contribution in [1.82, 2.24) is 4.98 Å². The van der Waals surface area contributed by atoms with E-state index in [4.69, 9.17) is 0 Å². The minimum Gasteiger partial charge on any atom is -0.283 e. The third-order valence-electron chi connectivity index (χ3n) is 2.91. The van der Waals surface area contributed by atoms with Crippen molar-refractivity contribution in [2.24, 2.45) is 9.98 Å². The summed E-state index contributed by atoms with van der Waals surface area (Å²) in [4.78, 5) is 13.1. The van der Waals surface area contributed by atoms with Gasteiger partial charge in [0.2, 0.25) is 0 Å². The molecule has 2 heterocycles. The molecule has 0 radical (unpaired) electrons. The third-order valence-corrected chi connectivity index (χ3v) is 2.91. The number of aromatic nitrogens is 1. The molecule has 3 nitrogen and oxygen atoms in total. The molecule has 0 saturated carbocycles. The van der Waals surface area contributed by atoms with Crippen LogP contribution < -0.4 is 0 Å². The van der Waals surface area contributed by atoms with Gasteiger partial charge in [-0.05, 0) is 18.1 Å². The highest BCUT2D eigenvalue weighted by molar-refractivity contribution is 5.90. The zero-order chi connectivity index (χ0) is 12.2. The molecule has 0 amide bonds. The van der Waals surface area contributed by atoms with Crippen molar-refractivity contribution in [3.05, 3.63) is 59.9 Å². The molecule has 88 valence electrons. The lowest BCUT2D eigenvalue weighted by Crippen LogP contribution is -2.09. The van der Waals surface area contributed by atoms with Gasteiger partial charge >= 0.3 is 0 Å². The van der Waals surface area contributed by atoms with Gasteiger partial charge in [-0.2, -0.15) is 0 Å². The van der Waals surface area contributed by atoms with Gasteiger partial charge in [0, 0.05) is 24.2 Å². The van der Waals surface area contributed by atoms with E-state index in [2.05, 4.69) is 27.1 Å². The molecule has 1 aromatic carbocycles. The van der Waals surface area contributed by atoms with Crippen LogP contribution in [0.25, 0.3) is 0 Å². The first kappa shape index (κ1) is 10.8. The number of hydrogen-bond donors (Lipinski definition) is 0. The Hall–Kier alpha value is -2.29. The number of pyridine rings is 1. The molecule has 0 bridgehead atoms. The minimum absolute atomic E-state index is 0.0970. The normalized spacial score (nSPS) is 17.2. The number of benzene rings is 1. The van der Waals surface area contributed by atoms with E-state index < -0.39 is 0 Å². The van der Waals surface area contributed by atoms with E-state index in [1.807, 2.05) is 36.7 Å². The summed E-state index contributed by atoms with van der Waals surface area (Å²) in [5, 5.41) is 0. The zero-order valence-electron chi connectivity index (χ0n) is 9.90. The van der Waals surface area contributed by atoms with Gasteiger partial charge in [-0.25, -0.2) is 0 Å². The maximum absolute atomic E-state index is 4.56. The second kappa shape index (κ2) is 4.92. The van der Waals surface area contributed by atoms with Crippen molar-refractivity contribution in [2.75, 3.05) is 0 Å². The van der Waals surface area contributed by atoms with Gasteiger partial charge in [0.05, 0.1) is 17.9 Å². The number of fused-ring (bicyclic) bond motifs is 1. The highest BCUT2D eigenvalue weighted by Crippen LogP contribution is 2.18. The first-order valence-corrected chi connectivity index (χ1v) is 5.97. The van der Waals surface area contributed by atoms with E-state index in [9.17, 15) is 0 Å². The number of rotatable bonds is 2. The first-order valence-electron chi connectivity index (χ1n) is 5.97. The SMILES string of the molecule is C1=Nc2cnccc2C=NC1Cc1ccccc1. The Morgan fingerprint density at radius 2 is 1.94 bits per heavy atom. The van der Waals surface area contributed by atoms with Crippen LogP contribution in [0.15, 0.2) is 58.8 Å². The van der Waals surface area contributed by atoms with Gasteiger partial charge in [-0.3, -0.25) is 15.0 Å². The van der Waals surface area contributed by atoms with Crippen LogP contribution in [0.1, 0.15) is 11.1 Å². The summed E-state index contributed by atoms with van der Waals surface area (Å²) in [5.41, 5.74) is 3.18. The Balaban J connectivity index is 1.82. The fourth-order valence-electron chi connectivity index (χ4n) is 1.96. The number of hydrogen-bond acceptors (Lipinski definition) is 3. The van der Waals surface area contributed by atoms with Crippen LogP contribution in [0.4, 0.5) is 5.69 Å². The van der Waals surface area contributed by atoms with E-state index in [1.165, 1.54) is 5.56 Å². The Kier molecular flexibility index (Phi) is 2.96. The molecule has 1 aliphatic heterocycles. The van der Waals surface area contributed by atoms with E-state index in [0.717, 1.165) is 17.7 Å². The molecule has 1 atom stereocenters. The molecule has 3 rings (SSSR count). The van der Waals surface area contributed by atoms with E-state index in [1.54, 1.807) is 12.4 Å². The lowest BCUT2D eigenvalue weighted by Gasteiger charge is -2.05. The van der Waals surface area contributed by atoms with Gasteiger partial charge in [0.15, 0.2) is 0 Å². The van der Waals surface area contributed by atoms with Crippen molar-refractivity contribution in [3.8, 4) is 0 Å². The molecule has 1 unspecified atom stereocenters. The molecule has 2 aromatic rings. The first-order chi connectivity index (χ1) is 8.92. The zero-order valence-corrected chi connectivity index (χ0v) is 9.90. The topological polar surface area (TPSA) is 37.6 Å². The van der Waals surface area contributed by atoms with Gasteiger partial charge in [-0.1, -0.05) is 30.3 Å². The van der Waals surface area contributed by atoms with Crippen molar-refractivity contribution >= 4 is 18.1 Å². The van der Waals surface area contributed by atoms with Crippen LogP contribution in [0.2, 0.25) is 0 Å². The van der Waals surface area contributed by atoms with Crippen molar-refractivity contribution in [2.45, 2.75) is 12.5 Å². The highest BCUT2D eigenvalue weighted by Gasteiger charge is 2.08. The highest BCUT2D eigenvalue weighted by atomic mass is 14.9. The largest absolute Gasteiger partial charge is 0.283 e. The Labute approximate surface area is 106 Å². The summed E-state index contributed by atoms with van der Waals surface area (Å²) in [6.45, 7) is 0. The average Bonchev–Trinajstić information content (AvgIpc) is 2.63. The molecule has 3 heteroatoms. The molecule has 0 N–H and O–H groups in total. The van der Waals surface area contributed by atoms with Crippen molar-refractivity contribution in [1.29, 1.82) is 0 Å². The van der Waals surface area contributed by atoms with Gasteiger partial charge < -0.3 is 0 Å². The lowest BCUT2D eigenvalue weighted by atomic mass is 10.1. The molecule has 0 spiro atoms. The summed E-state index contributed by atoms with van der Waals surface area (Å²) in [6.07, 6.45) is 8.19. The quantitative estimate of drug-likeness (QED) is 0.788. The average molecular weight is 235 g/mol. The molecule has 1 aromatic heterocycles. The van der Waals surface area contributed by atoms with Crippen LogP contribution in [0.3, 0.4) is 0 Å².